The van der Waals surface area contributed by atoms with E-state index in [0.717, 1.165) is 21.2 Å². The second kappa shape index (κ2) is 4.77. The van der Waals surface area contributed by atoms with E-state index in [-0.39, 0.29) is 23.5 Å². The van der Waals surface area contributed by atoms with Gasteiger partial charge in [-0.15, -0.1) is 0 Å². The van der Waals surface area contributed by atoms with Crippen molar-refractivity contribution in [3.8, 4) is 0 Å². The molecule has 118 valence electrons. The maximum absolute atomic E-state index is 13.1. The van der Waals surface area contributed by atoms with Crippen LogP contribution >= 0.6 is 11.8 Å². The number of anilines is 1. The maximum atomic E-state index is 13.1. The smallest absolute Gasteiger partial charge is 0.193 e. The van der Waals surface area contributed by atoms with Crippen LogP contribution in [0, 0.1) is 0 Å². The molecule has 2 heterocycles. The van der Waals surface area contributed by atoms with Crippen LogP contribution in [-0.2, 0) is 0 Å². The SMILES string of the molecule is CC1C=C(O)C2C(=C3Sc4ccccc4N31)C(=O)c1ccccc12. The molecule has 3 nitrogen and oxygen atoms in total. The maximum Gasteiger partial charge on any atom is 0.193 e. The first-order valence-electron chi connectivity index (χ1n) is 8.01. The molecule has 0 saturated carbocycles. The fraction of sp³-hybridized carbons (Fsp3) is 0.150. The highest BCUT2D eigenvalue weighted by Gasteiger charge is 2.45. The van der Waals surface area contributed by atoms with Crippen LogP contribution in [0.4, 0.5) is 5.69 Å². The Labute approximate surface area is 144 Å². The lowest BCUT2D eigenvalue weighted by Gasteiger charge is -2.25. The number of ketones is 1. The van der Waals surface area contributed by atoms with E-state index in [4.69, 9.17) is 0 Å². The van der Waals surface area contributed by atoms with Gasteiger partial charge >= 0.3 is 0 Å². The van der Waals surface area contributed by atoms with E-state index in [1.54, 1.807) is 11.8 Å². The van der Waals surface area contributed by atoms with Gasteiger partial charge in [0.25, 0.3) is 0 Å². The summed E-state index contributed by atoms with van der Waals surface area (Å²) in [6.45, 7) is 2.05. The van der Waals surface area contributed by atoms with Crippen molar-refractivity contribution in [2.45, 2.75) is 23.8 Å². The number of thioether (sulfide) groups is 1. The first-order chi connectivity index (χ1) is 11.7. The van der Waals surface area contributed by atoms with Gasteiger partial charge in [0.05, 0.1) is 22.7 Å². The van der Waals surface area contributed by atoms with Crippen LogP contribution in [0.1, 0.15) is 28.8 Å². The summed E-state index contributed by atoms with van der Waals surface area (Å²) in [7, 11) is 0. The van der Waals surface area contributed by atoms with Crippen LogP contribution in [0.25, 0.3) is 0 Å². The largest absolute Gasteiger partial charge is 0.512 e. The summed E-state index contributed by atoms with van der Waals surface area (Å²) in [6.07, 6.45) is 1.87. The zero-order chi connectivity index (χ0) is 16.4. The Morgan fingerprint density at radius 2 is 1.83 bits per heavy atom. The molecule has 1 aliphatic carbocycles. The molecule has 0 amide bonds. The van der Waals surface area contributed by atoms with Gasteiger partial charge in [0.1, 0.15) is 5.76 Å². The van der Waals surface area contributed by atoms with Crippen molar-refractivity contribution in [3.05, 3.63) is 82.1 Å². The van der Waals surface area contributed by atoms with Crippen molar-refractivity contribution in [3.63, 3.8) is 0 Å². The van der Waals surface area contributed by atoms with E-state index >= 15 is 0 Å². The number of allylic oxidation sites excluding steroid dienone is 1. The van der Waals surface area contributed by atoms with E-state index in [9.17, 15) is 9.90 Å². The topological polar surface area (TPSA) is 40.5 Å². The summed E-state index contributed by atoms with van der Waals surface area (Å²) < 4.78 is 0. The number of carbonyl (C=O) groups is 1. The van der Waals surface area contributed by atoms with E-state index in [1.807, 2.05) is 42.5 Å². The molecular weight excluding hydrogens is 318 g/mol. The van der Waals surface area contributed by atoms with Gasteiger partial charge in [-0.25, -0.2) is 0 Å². The number of benzene rings is 2. The van der Waals surface area contributed by atoms with Gasteiger partial charge in [-0.1, -0.05) is 48.2 Å². The van der Waals surface area contributed by atoms with Crippen LogP contribution in [0.2, 0.25) is 0 Å². The molecule has 2 aromatic rings. The highest BCUT2D eigenvalue weighted by molar-refractivity contribution is 8.03. The molecule has 0 aromatic heterocycles. The molecule has 0 saturated heterocycles. The first-order valence-corrected chi connectivity index (χ1v) is 8.83. The van der Waals surface area contributed by atoms with E-state index in [1.165, 1.54) is 0 Å². The van der Waals surface area contributed by atoms with Crippen molar-refractivity contribution >= 4 is 23.2 Å². The van der Waals surface area contributed by atoms with Crippen molar-refractivity contribution in [1.29, 1.82) is 0 Å². The van der Waals surface area contributed by atoms with Gasteiger partial charge in [0, 0.05) is 16.0 Å². The third kappa shape index (κ3) is 1.66. The Bertz CT molecular complexity index is 960. The summed E-state index contributed by atoms with van der Waals surface area (Å²) >= 11 is 1.63. The molecular formula is C20H15NO2S. The molecule has 5 rings (SSSR count). The van der Waals surface area contributed by atoms with Crippen LogP contribution in [0.3, 0.4) is 0 Å². The van der Waals surface area contributed by atoms with Gasteiger partial charge in [0.2, 0.25) is 0 Å². The van der Waals surface area contributed by atoms with Crippen molar-refractivity contribution in [1.82, 2.24) is 0 Å². The Balaban J connectivity index is 1.82. The first kappa shape index (κ1) is 13.9. The van der Waals surface area contributed by atoms with Crippen LogP contribution in [0.5, 0.6) is 0 Å². The molecule has 2 atom stereocenters. The molecule has 2 aromatic carbocycles. The number of aliphatic hydroxyl groups excluding tert-OH is 1. The average Bonchev–Trinajstić information content (AvgIpc) is 3.07. The second-order valence-electron chi connectivity index (χ2n) is 6.34. The standard InChI is InChI=1S/C20H15NO2S/c1-11-10-15(22)17-12-6-2-3-7-13(12)19(23)18(17)20-21(11)14-8-4-5-9-16(14)24-20/h2-11,17,22H,1H3. The number of Topliss-reactive ketones (excluding diaryl/α,β-unsaturated/α-hetero) is 1. The molecule has 2 unspecified atom stereocenters. The molecule has 0 bridgehead atoms. The van der Waals surface area contributed by atoms with E-state index in [2.05, 4.69) is 24.0 Å². The molecule has 1 N–H and O–H groups in total. The van der Waals surface area contributed by atoms with Crippen molar-refractivity contribution in [2.24, 2.45) is 0 Å². The van der Waals surface area contributed by atoms with Gasteiger partial charge in [0.15, 0.2) is 5.78 Å². The van der Waals surface area contributed by atoms with Gasteiger partial charge in [-0.3, -0.25) is 4.79 Å². The fourth-order valence-corrected chi connectivity index (χ4v) is 5.24. The molecule has 3 aliphatic rings. The van der Waals surface area contributed by atoms with E-state index < -0.39 is 0 Å². The number of hydrogen-bond donors (Lipinski definition) is 1. The van der Waals surface area contributed by atoms with Crippen molar-refractivity contribution in [2.75, 3.05) is 4.90 Å². The number of para-hydroxylation sites is 1. The number of hydrogen-bond acceptors (Lipinski definition) is 4. The number of aliphatic hydroxyl groups is 1. The van der Waals surface area contributed by atoms with Crippen LogP contribution < -0.4 is 4.90 Å². The summed E-state index contributed by atoms with van der Waals surface area (Å²) in [5, 5.41) is 11.7. The Morgan fingerprint density at radius 1 is 1.08 bits per heavy atom. The third-order valence-corrected chi connectivity index (χ3v) is 6.12. The molecule has 0 fully saturated rings. The minimum atomic E-state index is -0.349. The predicted octanol–water partition coefficient (Wildman–Crippen LogP) is 4.63. The summed E-state index contributed by atoms with van der Waals surface area (Å²) in [6, 6.07) is 15.8. The Kier molecular flexibility index (Phi) is 2.77. The zero-order valence-electron chi connectivity index (χ0n) is 13.1. The fourth-order valence-electron chi connectivity index (χ4n) is 3.93. The number of rotatable bonds is 0. The minimum absolute atomic E-state index is 0.00536. The third-order valence-electron chi connectivity index (χ3n) is 4.95. The Hall–Kier alpha value is -2.46. The number of nitrogens with zero attached hydrogens (tertiary/aromatic N) is 1. The monoisotopic (exact) mass is 333 g/mol. The molecule has 0 spiro atoms. The highest BCUT2D eigenvalue weighted by atomic mass is 32.2. The van der Waals surface area contributed by atoms with Gasteiger partial charge in [-0.05, 0) is 30.7 Å². The molecule has 0 radical (unpaired) electrons. The zero-order valence-corrected chi connectivity index (χ0v) is 13.9. The minimum Gasteiger partial charge on any atom is -0.512 e. The van der Waals surface area contributed by atoms with Gasteiger partial charge < -0.3 is 10.0 Å². The summed E-state index contributed by atoms with van der Waals surface area (Å²) in [4.78, 5) is 16.4. The van der Waals surface area contributed by atoms with Crippen LogP contribution in [-0.4, -0.2) is 16.9 Å². The van der Waals surface area contributed by atoms with Crippen LogP contribution in [0.15, 0.2) is 75.9 Å². The lowest BCUT2D eigenvalue weighted by atomic mass is 9.96. The second-order valence-corrected chi connectivity index (χ2v) is 7.37. The number of carbonyl (C=O) groups excluding carboxylic acids is 1. The number of fused-ring (bicyclic) bond motifs is 6. The van der Waals surface area contributed by atoms with Crippen molar-refractivity contribution < 1.29 is 9.90 Å². The quantitative estimate of drug-likeness (QED) is 0.763. The van der Waals surface area contributed by atoms with E-state index in [0.29, 0.717) is 11.1 Å². The predicted molar refractivity (Wildman–Crippen MR) is 95.5 cm³/mol. The molecule has 4 heteroatoms. The average molecular weight is 333 g/mol. The highest BCUT2D eigenvalue weighted by Crippen LogP contribution is 2.55. The van der Waals surface area contributed by atoms with Gasteiger partial charge in [-0.2, -0.15) is 0 Å². The summed E-state index contributed by atoms with van der Waals surface area (Å²) in [5.74, 6) is -0.0429. The lowest BCUT2D eigenvalue weighted by Crippen LogP contribution is -2.27. The molecule has 24 heavy (non-hydrogen) atoms. The normalized spacial score (nSPS) is 24.1. The lowest BCUT2D eigenvalue weighted by molar-refractivity contribution is 0.103. The molecule has 2 aliphatic heterocycles. The Morgan fingerprint density at radius 3 is 2.71 bits per heavy atom. The summed E-state index contributed by atoms with van der Waals surface area (Å²) in [5.41, 5.74) is 3.42.